The van der Waals surface area contributed by atoms with Crippen molar-refractivity contribution in [3.05, 3.63) is 56.0 Å². The molecule has 1 heterocycles. The van der Waals surface area contributed by atoms with E-state index in [4.69, 9.17) is 32.7 Å². The molecule has 0 spiro atoms. The van der Waals surface area contributed by atoms with Crippen LogP contribution >= 0.6 is 39.1 Å². The van der Waals surface area contributed by atoms with E-state index in [-0.39, 0.29) is 0 Å². The first-order valence-electron chi connectivity index (χ1n) is 6.28. The number of ether oxygens (including phenoxy) is 2. The first-order valence-corrected chi connectivity index (χ1v) is 7.83. The minimum absolute atomic E-state index is 0.414. The summed E-state index contributed by atoms with van der Waals surface area (Å²) in [7, 11) is 0. The maximum Gasteiger partial charge on any atom is 0.162 e. The Bertz CT molecular complexity index is 691. The average molecular weight is 390 g/mol. The number of aliphatic hydroxyl groups is 1. The van der Waals surface area contributed by atoms with E-state index in [1.54, 1.807) is 30.3 Å². The molecule has 2 aromatic rings. The summed E-state index contributed by atoms with van der Waals surface area (Å²) in [5, 5.41) is 11.5. The Hall–Kier alpha value is -0.940. The van der Waals surface area contributed by atoms with E-state index in [1.807, 2.05) is 0 Å². The molecule has 3 rings (SSSR count). The molecule has 3 nitrogen and oxygen atoms in total. The minimum atomic E-state index is -0.889. The predicted molar refractivity (Wildman–Crippen MR) is 85.7 cm³/mol. The highest BCUT2D eigenvalue weighted by molar-refractivity contribution is 9.10. The Balaban J connectivity index is 2.03. The molecule has 0 saturated heterocycles. The van der Waals surface area contributed by atoms with Gasteiger partial charge in [0.05, 0.1) is 0 Å². The molecule has 1 aliphatic rings. The summed E-state index contributed by atoms with van der Waals surface area (Å²) < 4.78 is 11.8. The van der Waals surface area contributed by atoms with Gasteiger partial charge in [0, 0.05) is 25.6 Å². The van der Waals surface area contributed by atoms with Gasteiger partial charge in [-0.1, -0.05) is 45.2 Å². The van der Waals surface area contributed by atoms with Crippen LogP contribution < -0.4 is 9.47 Å². The Labute approximate surface area is 140 Å². The molecule has 0 aromatic heterocycles. The fraction of sp³-hybridized carbons (Fsp3) is 0.200. The lowest BCUT2D eigenvalue weighted by atomic mass is 10.0. The number of rotatable bonds is 2. The lowest BCUT2D eigenvalue weighted by molar-refractivity contribution is 0.169. The second kappa shape index (κ2) is 6.05. The van der Waals surface area contributed by atoms with Gasteiger partial charge in [-0.3, -0.25) is 0 Å². The van der Waals surface area contributed by atoms with Crippen molar-refractivity contribution >= 4 is 39.1 Å². The molecule has 1 N–H and O–H groups in total. The third-order valence-electron chi connectivity index (χ3n) is 3.21. The average Bonchev–Trinajstić information content (AvgIpc) is 2.46. The zero-order valence-electron chi connectivity index (χ0n) is 10.8. The maximum atomic E-state index is 10.6. The van der Waals surface area contributed by atoms with E-state index in [9.17, 15) is 5.11 Å². The van der Waals surface area contributed by atoms with Crippen molar-refractivity contribution < 1.29 is 14.6 Å². The van der Waals surface area contributed by atoms with Crippen molar-refractivity contribution in [2.24, 2.45) is 0 Å². The fourth-order valence-corrected chi connectivity index (χ4v) is 3.23. The summed E-state index contributed by atoms with van der Waals surface area (Å²) in [5.74, 6) is 1.27. The number of fused-ring (bicyclic) bond motifs is 1. The first-order chi connectivity index (χ1) is 10.1. The lowest BCUT2D eigenvalue weighted by Gasteiger charge is -2.22. The molecular weight excluding hydrogens is 379 g/mol. The largest absolute Gasteiger partial charge is 0.486 e. The Morgan fingerprint density at radius 1 is 1.00 bits per heavy atom. The van der Waals surface area contributed by atoms with Crippen LogP contribution in [0.4, 0.5) is 0 Å². The standard InChI is InChI=1S/C15H11BrCl2O3/c16-11-7-14-13(20-3-4-21-14)6-10(11)15(19)9-2-1-8(17)5-12(9)18/h1-2,5-7,15,19H,3-4H2. The van der Waals surface area contributed by atoms with E-state index in [0.29, 0.717) is 45.9 Å². The molecule has 2 aromatic carbocycles. The highest BCUT2D eigenvalue weighted by Gasteiger charge is 2.21. The summed E-state index contributed by atoms with van der Waals surface area (Å²) in [4.78, 5) is 0. The summed E-state index contributed by atoms with van der Waals surface area (Å²) in [6.07, 6.45) is -0.889. The highest BCUT2D eigenvalue weighted by Crippen LogP contribution is 2.40. The molecular formula is C15H11BrCl2O3. The third-order valence-corrected chi connectivity index (χ3v) is 4.46. The number of benzene rings is 2. The maximum absolute atomic E-state index is 10.6. The molecule has 1 unspecified atom stereocenters. The SMILES string of the molecule is OC(c1ccc(Cl)cc1Cl)c1cc2c(cc1Br)OCCO2. The summed E-state index contributed by atoms with van der Waals surface area (Å²) >= 11 is 15.5. The molecule has 0 amide bonds. The van der Waals surface area contributed by atoms with Crippen molar-refractivity contribution in [2.75, 3.05) is 13.2 Å². The van der Waals surface area contributed by atoms with Crippen molar-refractivity contribution in [1.29, 1.82) is 0 Å². The van der Waals surface area contributed by atoms with Gasteiger partial charge in [0.25, 0.3) is 0 Å². The number of halogens is 3. The normalized spacial score (nSPS) is 14.9. The van der Waals surface area contributed by atoms with Crippen molar-refractivity contribution in [3.63, 3.8) is 0 Å². The van der Waals surface area contributed by atoms with Gasteiger partial charge >= 0.3 is 0 Å². The molecule has 0 bridgehead atoms. The fourth-order valence-electron chi connectivity index (χ4n) is 2.18. The van der Waals surface area contributed by atoms with E-state index >= 15 is 0 Å². The molecule has 0 saturated carbocycles. The topological polar surface area (TPSA) is 38.7 Å². The van der Waals surface area contributed by atoms with E-state index in [1.165, 1.54) is 0 Å². The van der Waals surface area contributed by atoms with Crippen LogP contribution in [-0.2, 0) is 0 Å². The summed E-state index contributed by atoms with van der Waals surface area (Å²) in [6, 6.07) is 8.55. The third kappa shape index (κ3) is 2.99. The van der Waals surface area contributed by atoms with Gasteiger partial charge in [-0.25, -0.2) is 0 Å². The van der Waals surface area contributed by atoms with Crippen LogP contribution in [0.15, 0.2) is 34.8 Å². The van der Waals surface area contributed by atoms with Gasteiger partial charge in [-0.15, -0.1) is 0 Å². The molecule has 110 valence electrons. The van der Waals surface area contributed by atoms with Crippen LogP contribution in [0.3, 0.4) is 0 Å². The van der Waals surface area contributed by atoms with E-state index in [2.05, 4.69) is 15.9 Å². The molecule has 0 radical (unpaired) electrons. The van der Waals surface area contributed by atoms with Crippen LogP contribution in [-0.4, -0.2) is 18.3 Å². The smallest absolute Gasteiger partial charge is 0.162 e. The molecule has 1 aliphatic heterocycles. The summed E-state index contributed by atoms with van der Waals surface area (Å²) in [5.41, 5.74) is 1.24. The monoisotopic (exact) mass is 388 g/mol. The Morgan fingerprint density at radius 3 is 2.33 bits per heavy atom. The first kappa shape index (κ1) is 15.0. The van der Waals surface area contributed by atoms with Crippen LogP contribution in [0, 0.1) is 0 Å². The molecule has 1 atom stereocenters. The van der Waals surface area contributed by atoms with Crippen molar-refractivity contribution in [3.8, 4) is 11.5 Å². The number of hydrogen-bond acceptors (Lipinski definition) is 3. The van der Waals surface area contributed by atoms with Gasteiger partial charge in [0.15, 0.2) is 11.5 Å². The van der Waals surface area contributed by atoms with Crippen molar-refractivity contribution in [2.45, 2.75) is 6.10 Å². The second-order valence-corrected chi connectivity index (χ2v) is 6.28. The van der Waals surface area contributed by atoms with E-state index in [0.717, 1.165) is 4.47 Å². The minimum Gasteiger partial charge on any atom is -0.486 e. The Morgan fingerprint density at radius 2 is 1.67 bits per heavy atom. The van der Waals surface area contributed by atoms with Crippen LogP contribution in [0.1, 0.15) is 17.2 Å². The van der Waals surface area contributed by atoms with Crippen LogP contribution in [0.25, 0.3) is 0 Å². The second-order valence-electron chi connectivity index (χ2n) is 4.59. The quantitative estimate of drug-likeness (QED) is 0.815. The molecule has 0 aliphatic carbocycles. The zero-order valence-corrected chi connectivity index (χ0v) is 13.9. The van der Waals surface area contributed by atoms with Gasteiger partial charge < -0.3 is 14.6 Å². The lowest BCUT2D eigenvalue weighted by Crippen LogP contribution is -2.16. The Kier molecular flexibility index (Phi) is 4.31. The number of aliphatic hydroxyl groups excluding tert-OH is 1. The molecule has 0 fully saturated rings. The molecule has 6 heteroatoms. The van der Waals surface area contributed by atoms with E-state index < -0.39 is 6.10 Å². The van der Waals surface area contributed by atoms with Crippen molar-refractivity contribution in [1.82, 2.24) is 0 Å². The predicted octanol–water partition coefficient (Wildman–Crippen LogP) is 4.61. The summed E-state index contributed by atoms with van der Waals surface area (Å²) in [6.45, 7) is 1.01. The highest BCUT2D eigenvalue weighted by atomic mass is 79.9. The van der Waals surface area contributed by atoms with Crippen LogP contribution in [0.5, 0.6) is 11.5 Å². The number of hydrogen-bond donors (Lipinski definition) is 1. The van der Waals surface area contributed by atoms with Gasteiger partial charge in [0.1, 0.15) is 19.3 Å². The van der Waals surface area contributed by atoms with Gasteiger partial charge in [-0.2, -0.15) is 0 Å². The van der Waals surface area contributed by atoms with Gasteiger partial charge in [0.2, 0.25) is 0 Å². The zero-order chi connectivity index (χ0) is 15.0. The molecule has 21 heavy (non-hydrogen) atoms. The van der Waals surface area contributed by atoms with Gasteiger partial charge in [-0.05, 0) is 24.3 Å². The van der Waals surface area contributed by atoms with Crippen LogP contribution in [0.2, 0.25) is 10.0 Å².